The van der Waals surface area contributed by atoms with Crippen LogP contribution >= 0.6 is 11.3 Å². The molecule has 9 nitrogen and oxygen atoms in total. The zero-order valence-electron chi connectivity index (χ0n) is 15.7. The molecule has 2 amide bonds. The molecule has 0 fully saturated rings. The number of carbonyl (C=O) groups excluding carboxylic acids is 2. The number of aryl methyl sites for hydroxylation is 1. The fourth-order valence-corrected chi connectivity index (χ4v) is 3.23. The van der Waals surface area contributed by atoms with Gasteiger partial charge in [-0.05, 0) is 19.9 Å². The van der Waals surface area contributed by atoms with Crippen LogP contribution in [0.4, 0.5) is 5.13 Å². The van der Waals surface area contributed by atoms with E-state index in [0.717, 1.165) is 11.3 Å². The van der Waals surface area contributed by atoms with Gasteiger partial charge in [0, 0.05) is 42.1 Å². The van der Waals surface area contributed by atoms with E-state index in [1.807, 2.05) is 20.9 Å². The third kappa shape index (κ3) is 4.34. The van der Waals surface area contributed by atoms with E-state index < -0.39 is 5.91 Å². The second-order valence-corrected chi connectivity index (χ2v) is 7.17. The van der Waals surface area contributed by atoms with Crippen LogP contribution in [0.2, 0.25) is 0 Å². The molecule has 0 saturated carbocycles. The molecule has 0 aromatic carbocycles. The highest BCUT2D eigenvalue weighted by Crippen LogP contribution is 2.16. The summed E-state index contributed by atoms with van der Waals surface area (Å²) in [6.45, 7) is 3.57. The van der Waals surface area contributed by atoms with Gasteiger partial charge < -0.3 is 15.2 Å². The summed E-state index contributed by atoms with van der Waals surface area (Å²) in [5.41, 5.74) is 1.78. The Hall–Kier alpha value is -3.27. The molecule has 10 heteroatoms. The Bertz CT molecular complexity index is 1050. The molecule has 3 aromatic rings. The van der Waals surface area contributed by atoms with Gasteiger partial charge in [-0.25, -0.2) is 4.98 Å². The van der Waals surface area contributed by atoms with Crippen molar-refractivity contribution in [2.75, 3.05) is 5.32 Å². The smallest absolute Gasteiger partial charge is 0.253 e. The third-order valence-corrected chi connectivity index (χ3v) is 5.01. The van der Waals surface area contributed by atoms with Crippen molar-refractivity contribution in [1.29, 1.82) is 0 Å². The second-order valence-electron chi connectivity index (χ2n) is 6.27. The van der Waals surface area contributed by atoms with Crippen LogP contribution in [-0.2, 0) is 18.4 Å². The van der Waals surface area contributed by atoms with Crippen LogP contribution in [-0.4, -0.2) is 31.1 Å². The summed E-state index contributed by atoms with van der Waals surface area (Å²) in [6, 6.07) is 2.45. The number of pyridine rings is 1. The minimum absolute atomic E-state index is 0.212. The van der Waals surface area contributed by atoms with E-state index >= 15 is 0 Å². The van der Waals surface area contributed by atoms with Gasteiger partial charge in [-0.1, -0.05) is 0 Å². The second kappa shape index (κ2) is 8.17. The molecule has 0 spiro atoms. The molecule has 0 aliphatic carbocycles. The topological polar surface area (TPSA) is 111 Å². The van der Waals surface area contributed by atoms with Crippen molar-refractivity contribution in [2.24, 2.45) is 7.05 Å². The number of hydrogen-bond acceptors (Lipinski definition) is 6. The van der Waals surface area contributed by atoms with Crippen molar-refractivity contribution in [3.63, 3.8) is 0 Å². The summed E-state index contributed by atoms with van der Waals surface area (Å²) >= 11 is 1.28. The first-order chi connectivity index (χ1) is 13.3. The number of nitrogens with one attached hydrogen (secondary N) is 2. The molecule has 1 atom stereocenters. The number of thiazole rings is 1. The maximum atomic E-state index is 12.6. The molecule has 3 aromatic heterocycles. The number of nitrogens with zero attached hydrogens (tertiary/aromatic N) is 4. The van der Waals surface area contributed by atoms with Crippen LogP contribution in [0.15, 0.2) is 40.9 Å². The van der Waals surface area contributed by atoms with Crippen LogP contribution in [0.5, 0.6) is 0 Å². The van der Waals surface area contributed by atoms with Gasteiger partial charge in [0.15, 0.2) is 5.13 Å². The van der Waals surface area contributed by atoms with E-state index in [9.17, 15) is 14.4 Å². The van der Waals surface area contributed by atoms with Crippen LogP contribution in [0, 0.1) is 6.92 Å². The number of amides is 2. The highest BCUT2D eigenvalue weighted by atomic mass is 32.1. The molecule has 3 rings (SSSR count). The Labute approximate surface area is 165 Å². The zero-order valence-corrected chi connectivity index (χ0v) is 16.5. The number of aromatic nitrogens is 4. The third-order valence-electron chi connectivity index (χ3n) is 4.33. The Kier molecular flexibility index (Phi) is 5.69. The van der Waals surface area contributed by atoms with Gasteiger partial charge in [-0.15, -0.1) is 11.3 Å². The largest absolute Gasteiger partial charge is 0.345 e. The summed E-state index contributed by atoms with van der Waals surface area (Å²) in [5, 5.41) is 11.9. The molecule has 28 heavy (non-hydrogen) atoms. The molecule has 0 aliphatic rings. The highest BCUT2D eigenvalue weighted by molar-refractivity contribution is 7.13. The SMILES string of the molecule is Cc1c(C(C)NC(=O)c2ccc(=O)n(CC(=O)Nc3nccs3)c2)cnn1C. The molecule has 3 heterocycles. The number of rotatable bonds is 6. The van der Waals surface area contributed by atoms with Gasteiger partial charge in [-0.2, -0.15) is 5.10 Å². The first-order valence-corrected chi connectivity index (χ1v) is 9.42. The van der Waals surface area contributed by atoms with Gasteiger partial charge in [-0.3, -0.25) is 19.1 Å². The fourth-order valence-electron chi connectivity index (χ4n) is 2.69. The summed E-state index contributed by atoms with van der Waals surface area (Å²) in [5.74, 6) is -0.737. The van der Waals surface area contributed by atoms with Crippen LogP contribution < -0.4 is 16.2 Å². The number of anilines is 1. The van der Waals surface area contributed by atoms with Crippen LogP contribution in [0.3, 0.4) is 0 Å². The predicted molar refractivity (Wildman–Crippen MR) is 105 cm³/mol. The van der Waals surface area contributed by atoms with Gasteiger partial charge in [0.1, 0.15) is 6.54 Å². The molecular weight excluding hydrogens is 380 g/mol. The summed E-state index contributed by atoms with van der Waals surface area (Å²) in [4.78, 5) is 40.7. The van der Waals surface area contributed by atoms with Crippen molar-refractivity contribution >= 4 is 28.3 Å². The number of carbonyl (C=O) groups is 2. The molecule has 2 N–H and O–H groups in total. The van der Waals surface area contributed by atoms with E-state index in [1.165, 1.54) is 34.2 Å². The van der Waals surface area contributed by atoms with E-state index in [1.54, 1.807) is 22.5 Å². The van der Waals surface area contributed by atoms with E-state index in [2.05, 4.69) is 20.7 Å². The molecule has 1 unspecified atom stereocenters. The minimum atomic E-state index is -0.394. The van der Waals surface area contributed by atoms with Crippen molar-refractivity contribution in [3.8, 4) is 0 Å². The van der Waals surface area contributed by atoms with E-state index in [4.69, 9.17) is 0 Å². The lowest BCUT2D eigenvalue weighted by Crippen LogP contribution is -2.31. The lowest BCUT2D eigenvalue weighted by atomic mass is 10.1. The normalized spacial score (nSPS) is 11.8. The quantitative estimate of drug-likeness (QED) is 0.651. The van der Waals surface area contributed by atoms with Crippen LogP contribution in [0.25, 0.3) is 0 Å². The molecule has 146 valence electrons. The molecule has 0 saturated heterocycles. The van der Waals surface area contributed by atoms with E-state index in [0.29, 0.717) is 5.13 Å². The van der Waals surface area contributed by atoms with Crippen molar-refractivity contribution in [1.82, 2.24) is 24.6 Å². The maximum absolute atomic E-state index is 12.6. The standard InChI is InChI=1S/C18H20N6O3S/c1-11(14-8-20-23(3)12(14)2)21-17(27)13-4-5-16(26)24(9-13)10-15(25)22-18-19-6-7-28-18/h4-9,11H,10H2,1-3H3,(H,21,27)(H,19,22,25). The molecule has 0 bridgehead atoms. The summed E-state index contributed by atoms with van der Waals surface area (Å²) in [7, 11) is 1.83. The molecule has 0 aliphatic heterocycles. The Morgan fingerprint density at radius 2 is 2.11 bits per heavy atom. The Morgan fingerprint density at radius 1 is 1.32 bits per heavy atom. The Balaban J connectivity index is 1.71. The van der Waals surface area contributed by atoms with Crippen molar-refractivity contribution in [3.05, 3.63) is 63.3 Å². The van der Waals surface area contributed by atoms with Gasteiger partial charge in [0.2, 0.25) is 5.91 Å². The molecule has 0 radical (unpaired) electrons. The van der Waals surface area contributed by atoms with Gasteiger partial charge in [0.05, 0.1) is 17.8 Å². The lowest BCUT2D eigenvalue weighted by Gasteiger charge is -2.14. The van der Waals surface area contributed by atoms with Gasteiger partial charge >= 0.3 is 0 Å². The first kappa shape index (κ1) is 19.5. The fraction of sp³-hybridized carbons (Fsp3) is 0.278. The monoisotopic (exact) mass is 400 g/mol. The number of hydrogen-bond donors (Lipinski definition) is 2. The average molecular weight is 400 g/mol. The summed E-state index contributed by atoms with van der Waals surface area (Å²) in [6.07, 6.45) is 4.66. The predicted octanol–water partition coefficient (Wildman–Crippen LogP) is 1.48. The lowest BCUT2D eigenvalue weighted by molar-refractivity contribution is -0.116. The highest BCUT2D eigenvalue weighted by Gasteiger charge is 2.17. The van der Waals surface area contributed by atoms with Crippen molar-refractivity contribution < 1.29 is 9.59 Å². The average Bonchev–Trinajstić information content (AvgIpc) is 3.27. The minimum Gasteiger partial charge on any atom is -0.345 e. The van der Waals surface area contributed by atoms with Crippen molar-refractivity contribution in [2.45, 2.75) is 26.4 Å². The Morgan fingerprint density at radius 3 is 2.75 bits per heavy atom. The first-order valence-electron chi connectivity index (χ1n) is 8.54. The van der Waals surface area contributed by atoms with E-state index in [-0.39, 0.29) is 29.6 Å². The van der Waals surface area contributed by atoms with Crippen LogP contribution in [0.1, 0.15) is 34.6 Å². The maximum Gasteiger partial charge on any atom is 0.253 e. The molecular formula is C18H20N6O3S. The van der Waals surface area contributed by atoms with Gasteiger partial charge in [0.25, 0.3) is 11.5 Å². The summed E-state index contributed by atoms with van der Waals surface area (Å²) < 4.78 is 2.93. The zero-order chi connectivity index (χ0) is 20.3.